The highest BCUT2D eigenvalue weighted by atomic mass is 32.1. The van der Waals surface area contributed by atoms with Gasteiger partial charge < -0.3 is 0 Å². The lowest BCUT2D eigenvalue weighted by Gasteiger charge is -1.95. The van der Waals surface area contributed by atoms with Crippen LogP contribution >= 0.6 is 11.3 Å². The van der Waals surface area contributed by atoms with Crippen molar-refractivity contribution >= 4 is 34.4 Å². The van der Waals surface area contributed by atoms with Crippen molar-refractivity contribution in [2.75, 3.05) is 0 Å². The number of rotatable bonds is 5. The van der Waals surface area contributed by atoms with Gasteiger partial charge in [0.15, 0.2) is 0 Å². The molecule has 1 aromatic heterocycles. The zero-order valence-corrected chi connectivity index (χ0v) is 13.4. The van der Waals surface area contributed by atoms with Crippen LogP contribution in [0.2, 0.25) is 0 Å². The van der Waals surface area contributed by atoms with Crippen molar-refractivity contribution in [2.24, 2.45) is 4.99 Å². The van der Waals surface area contributed by atoms with E-state index >= 15 is 0 Å². The number of nitro groups is 1. The molecular formula is C18H13N3O2S. The SMILES string of the molecule is O=[N+]([O-])c1ccc(-c2cnc(N=CC=Cc3ccccc3)s2)cc1. The highest BCUT2D eigenvalue weighted by molar-refractivity contribution is 7.18. The number of nitrogens with zero attached hydrogens (tertiary/aromatic N) is 3. The minimum atomic E-state index is -0.411. The minimum absolute atomic E-state index is 0.0764. The molecule has 6 heteroatoms. The molecule has 2 aromatic carbocycles. The summed E-state index contributed by atoms with van der Waals surface area (Å²) in [4.78, 5) is 19.7. The largest absolute Gasteiger partial charge is 0.269 e. The smallest absolute Gasteiger partial charge is 0.258 e. The van der Waals surface area contributed by atoms with Crippen LogP contribution in [0.3, 0.4) is 0 Å². The molecule has 3 aromatic rings. The van der Waals surface area contributed by atoms with Crippen LogP contribution in [0.15, 0.2) is 71.9 Å². The van der Waals surface area contributed by atoms with Crippen LogP contribution in [-0.2, 0) is 0 Å². The topological polar surface area (TPSA) is 68.4 Å². The molecule has 0 saturated carbocycles. The summed E-state index contributed by atoms with van der Waals surface area (Å²) in [7, 11) is 0. The van der Waals surface area contributed by atoms with Crippen LogP contribution < -0.4 is 0 Å². The fraction of sp³-hybridized carbons (Fsp3) is 0. The van der Waals surface area contributed by atoms with Gasteiger partial charge in [-0.1, -0.05) is 47.7 Å². The van der Waals surface area contributed by atoms with Gasteiger partial charge in [0.2, 0.25) is 5.13 Å². The molecule has 118 valence electrons. The average molecular weight is 335 g/mol. The Morgan fingerprint density at radius 1 is 1.08 bits per heavy atom. The minimum Gasteiger partial charge on any atom is -0.258 e. The molecule has 0 aliphatic carbocycles. The number of aromatic nitrogens is 1. The average Bonchev–Trinajstić information content (AvgIpc) is 3.09. The fourth-order valence-corrected chi connectivity index (χ4v) is 2.81. The Morgan fingerprint density at radius 3 is 2.54 bits per heavy atom. The van der Waals surface area contributed by atoms with Gasteiger partial charge in [-0.2, -0.15) is 0 Å². The monoisotopic (exact) mass is 335 g/mol. The van der Waals surface area contributed by atoms with E-state index in [1.165, 1.54) is 23.5 Å². The van der Waals surface area contributed by atoms with Gasteiger partial charge in [0.1, 0.15) is 0 Å². The standard InChI is InChI=1S/C18H13N3O2S/c22-21(23)16-10-8-15(9-11-16)17-13-20-18(24-17)19-12-4-7-14-5-2-1-3-6-14/h1-13H. The Kier molecular flexibility index (Phi) is 4.88. The second-order valence-corrected chi connectivity index (χ2v) is 5.87. The van der Waals surface area contributed by atoms with Gasteiger partial charge in [-0.3, -0.25) is 10.1 Å². The first kappa shape index (κ1) is 15.8. The second-order valence-electron chi connectivity index (χ2n) is 4.86. The van der Waals surface area contributed by atoms with Crippen molar-refractivity contribution in [1.82, 2.24) is 4.98 Å². The fourth-order valence-electron chi connectivity index (χ4n) is 2.03. The maximum Gasteiger partial charge on any atom is 0.269 e. The van der Waals surface area contributed by atoms with E-state index in [4.69, 9.17) is 0 Å². The van der Waals surface area contributed by atoms with Crippen molar-refractivity contribution in [3.63, 3.8) is 0 Å². The number of aliphatic imine (C=N–C) groups is 1. The molecular weight excluding hydrogens is 322 g/mol. The molecule has 3 rings (SSSR count). The Balaban J connectivity index is 1.68. The van der Waals surface area contributed by atoms with Gasteiger partial charge in [0.25, 0.3) is 5.69 Å². The highest BCUT2D eigenvalue weighted by Gasteiger charge is 2.07. The first-order valence-electron chi connectivity index (χ1n) is 7.19. The van der Waals surface area contributed by atoms with Crippen LogP contribution in [0.1, 0.15) is 5.56 Å². The maximum absolute atomic E-state index is 10.7. The Morgan fingerprint density at radius 2 is 1.83 bits per heavy atom. The van der Waals surface area contributed by atoms with E-state index in [0.29, 0.717) is 5.13 Å². The van der Waals surface area contributed by atoms with Gasteiger partial charge in [-0.05, 0) is 29.3 Å². The number of allylic oxidation sites excluding steroid dienone is 1. The zero-order chi connectivity index (χ0) is 16.8. The summed E-state index contributed by atoms with van der Waals surface area (Å²) in [6, 6.07) is 16.4. The number of thiazole rings is 1. The summed E-state index contributed by atoms with van der Waals surface area (Å²) in [5.74, 6) is 0. The Hall–Kier alpha value is -3.12. The van der Waals surface area contributed by atoms with Crippen molar-refractivity contribution in [3.05, 3.63) is 82.5 Å². The third-order valence-corrected chi connectivity index (χ3v) is 4.17. The predicted molar refractivity (Wildman–Crippen MR) is 97.8 cm³/mol. The second kappa shape index (κ2) is 7.43. The van der Waals surface area contributed by atoms with Gasteiger partial charge in [-0.25, -0.2) is 9.98 Å². The molecule has 0 N–H and O–H groups in total. The lowest BCUT2D eigenvalue weighted by atomic mass is 10.2. The van der Waals surface area contributed by atoms with Crippen LogP contribution in [0.5, 0.6) is 0 Å². The Bertz CT molecular complexity index is 884. The van der Waals surface area contributed by atoms with Crippen molar-refractivity contribution in [3.8, 4) is 10.4 Å². The van der Waals surface area contributed by atoms with E-state index in [0.717, 1.165) is 16.0 Å². The highest BCUT2D eigenvalue weighted by Crippen LogP contribution is 2.31. The van der Waals surface area contributed by atoms with Crippen LogP contribution in [-0.4, -0.2) is 16.1 Å². The zero-order valence-electron chi connectivity index (χ0n) is 12.6. The summed E-state index contributed by atoms with van der Waals surface area (Å²) in [6.07, 6.45) is 7.25. The van der Waals surface area contributed by atoms with Crippen molar-refractivity contribution in [2.45, 2.75) is 0 Å². The number of non-ortho nitro benzene ring substituents is 1. The number of hydrogen-bond acceptors (Lipinski definition) is 5. The molecule has 1 heterocycles. The van der Waals surface area contributed by atoms with Crippen LogP contribution in [0.4, 0.5) is 10.8 Å². The third kappa shape index (κ3) is 3.99. The normalized spacial score (nSPS) is 11.3. The molecule has 0 aliphatic rings. The van der Waals surface area contributed by atoms with Crippen LogP contribution in [0, 0.1) is 10.1 Å². The molecule has 5 nitrogen and oxygen atoms in total. The molecule has 0 aliphatic heterocycles. The van der Waals surface area contributed by atoms with E-state index in [1.807, 2.05) is 42.5 Å². The maximum atomic E-state index is 10.7. The molecule has 0 unspecified atom stereocenters. The lowest BCUT2D eigenvalue weighted by Crippen LogP contribution is -1.86. The molecule has 24 heavy (non-hydrogen) atoms. The van der Waals surface area contributed by atoms with Gasteiger partial charge in [-0.15, -0.1) is 0 Å². The quantitative estimate of drug-likeness (QED) is 0.368. The molecule has 0 spiro atoms. The van der Waals surface area contributed by atoms with Gasteiger partial charge in [0, 0.05) is 24.5 Å². The summed E-state index contributed by atoms with van der Waals surface area (Å²) in [5.41, 5.74) is 2.07. The van der Waals surface area contributed by atoms with Crippen molar-refractivity contribution < 1.29 is 4.92 Å². The van der Waals surface area contributed by atoms with E-state index < -0.39 is 4.92 Å². The number of hydrogen-bond donors (Lipinski definition) is 0. The molecule has 0 amide bonds. The summed E-state index contributed by atoms with van der Waals surface area (Å²) in [6.45, 7) is 0. The molecule has 0 radical (unpaired) electrons. The Labute approximate surface area is 142 Å². The van der Waals surface area contributed by atoms with Crippen molar-refractivity contribution in [1.29, 1.82) is 0 Å². The summed E-state index contributed by atoms with van der Waals surface area (Å²) < 4.78 is 0. The predicted octanol–water partition coefficient (Wildman–Crippen LogP) is 5.13. The summed E-state index contributed by atoms with van der Waals surface area (Å²) in [5, 5.41) is 11.3. The third-order valence-electron chi connectivity index (χ3n) is 3.22. The first-order chi connectivity index (χ1) is 11.7. The van der Waals surface area contributed by atoms with Gasteiger partial charge >= 0.3 is 0 Å². The number of benzene rings is 2. The van der Waals surface area contributed by atoms with E-state index in [1.54, 1.807) is 24.5 Å². The van der Waals surface area contributed by atoms with E-state index in [2.05, 4.69) is 9.98 Å². The van der Waals surface area contributed by atoms with Crippen LogP contribution in [0.25, 0.3) is 16.5 Å². The first-order valence-corrected chi connectivity index (χ1v) is 8.00. The lowest BCUT2D eigenvalue weighted by molar-refractivity contribution is -0.384. The molecule has 0 fully saturated rings. The van der Waals surface area contributed by atoms with E-state index in [9.17, 15) is 10.1 Å². The number of nitro benzene ring substituents is 1. The summed E-state index contributed by atoms with van der Waals surface area (Å²) >= 11 is 1.43. The molecule has 0 atom stereocenters. The molecule has 0 saturated heterocycles. The van der Waals surface area contributed by atoms with Gasteiger partial charge in [0.05, 0.1) is 9.80 Å². The van der Waals surface area contributed by atoms with E-state index in [-0.39, 0.29) is 5.69 Å². The molecule has 0 bridgehead atoms.